The molecule has 2 aromatic rings. The van der Waals surface area contributed by atoms with Crippen molar-refractivity contribution in [3.05, 3.63) is 53.3 Å². The van der Waals surface area contributed by atoms with Gasteiger partial charge < -0.3 is 0 Å². The van der Waals surface area contributed by atoms with E-state index in [9.17, 15) is 13.2 Å². The molecule has 0 atom stereocenters. The van der Waals surface area contributed by atoms with Crippen LogP contribution in [0.3, 0.4) is 0 Å². The lowest BCUT2D eigenvalue weighted by Crippen LogP contribution is -2.14. The van der Waals surface area contributed by atoms with Crippen molar-refractivity contribution in [1.29, 1.82) is 0 Å². The average Bonchev–Trinajstić information content (AvgIpc) is 2.83. The van der Waals surface area contributed by atoms with Gasteiger partial charge in [0.2, 0.25) is 0 Å². The number of benzene rings is 1. The van der Waals surface area contributed by atoms with Crippen LogP contribution in [0.25, 0.3) is 0 Å². The molecular formula is C14H15NO3S. The summed E-state index contributed by atoms with van der Waals surface area (Å²) in [7, 11) is -3.63. The highest BCUT2D eigenvalue weighted by atomic mass is 32.2. The smallest absolute Gasteiger partial charge is 0.267 e. The van der Waals surface area contributed by atoms with E-state index in [2.05, 4.69) is 0 Å². The molecule has 0 fully saturated rings. The van der Waals surface area contributed by atoms with Crippen molar-refractivity contribution in [2.24, 2.45) is 0 Å². The molecule has 4 nitrogen and oxygen atoms in total. The minimum atomic E-state index is -3.63. The minimum Gasteiger partial charge on any atom is -0.298 e. The molecule has 0 saturated carbocycles. The van der Waals surface area contributed by atoms with Gasteiger partial charge in [-0.2, -0.15) is 0 Å². The van der Waals surface area contributed by atoms with Gasteiger partial charge in [-0.3, -0.25) is 4.79 Å². The molecule has 0 saturated heterocycles. The first-order valence-electron chi connectivity index (χ1n) is 5.97. The Hall–Kier alpha value is -1.88. The molecule has 0 spiro atoms. The molecule has 0 N–H and O–H groups in total. The van der Waals surface area contributed by atoms with Gasteiger partial charge in [-0.15, -0.1) is 0 Å². The number of carbonyl (C=O) groups is 1. The van der Waals surface area contributed by atoms with Crippen molar-refractivity contribution in [2.75, 3.05) is 0 Å². The lowest BCUT2D eigenvalue weighted by molar-refractivity contribution is 0.112. The standard InChI is InChI=1S/C14H15NO3S/c1-3-13-8-12(10-16)9-15(13)19(17,18)14-6-4-11(2)5-7-14/h4-10H,3H2,1-2H3. The van der Waals surface area contributed by atoms with Crippen LogP contribution in [0, 0.1) is 6.92 Å². The third-order valence-corrected chi connectivity index (χ3v) is 4.68. The molecule has 1 heterocycles. The second kappa shape index (κ2) is 5.01. The third-order valence-electron chi connectivity index (χ3n) is 2.96. The quantitative estimate of drug-likeness (QED) is 0.806. The van der Waals surface area contributed by atoms with Crippen molar-refractivity contribution in [2.45, 2.75) is 25.2 Å². The third kappa shape index (κ3) is 2.46. The van der Waals surface area contributed by atoms with E-state index in [-0.39, 0.29) is 4.90 Å². The molecule has 1 aromatic carbocycles. The molecule has 0 amide bonds. The summed E-state index contributed by atoms with van der Waals surface area (Å²) in [4.78, 5) is 11.0. The summed E-state index contributed by atoms with van der Waals surface area (Å²) < 4.78 is 26.2. The molecule has 5 heteroatoms. The van der Waals surface area contributed by atoms with E-state index in [1.807, 2.05) is 13.8 Å². The Kier molecular flexibility index (Phi) is 3.57. The topological polar surface area (TPSA) is 56.1 Å². The van der Waals surface area contributed by atoms with Crippen LogP contribution < -0.4 is 0 Å². The zero-order valence-electron chi connectivity index (χ0n) is 10.8. The van der Waals surface area contributed by atoms with Gasteiger partial charge in [0, 0.05) is 17.5 Å². The van der Waals surface area contributed by atoms with Gasteiger partial charge in [0.15, 0.2) is 6.29 Å². The Morgan fingerprint density at radius 1 is 1.21 bits per heavy atom. The summed E-state index contributed by atoms with van der Waals surface area (Å²) >= 11 is 0. The van der Waals surface area contributed by atoms with Gasteiger partial charge in [0.25, 0.3) is 10.0 Å². The minimum absolute atomic E-state index is 0.223. The van der Waals surface area contributed by atoms with E-state index >= 15 is 0 Å². The van der Waals surface area contributed by atoms with E-state index < -0.39 is 10.0 Å². The van der Waals surface area contributed by atoms with E-state index in [1.54, 1.807) is 30.3 Å². The van der Waals surface area contributed by atoms with Crippen LogP contribution in [0.2, 0.25) is 0 Å². The molecular weight excluding hydrogens is 262 g/mol. The Labute approximate surface area is 112 Å². The molecule has 0 aliphatic rings. The van der Waals surface area contributed by atoms with Gasteiger partial charge in [-0.05, 0) is 31.5 Å². The molecule has 0 bridgehead atoms. The average molecular weight is 277 g/mol. The van der Waals surface area contributed by atoms with Crippen LogP contribution in [0.5, 0.6) is 0 Å². The van der Waals surface area contributed by atoms with Gasteiger partial charge in [0.05, 0.1) is 4.90 Å². The largest absolute Gasteiger partial charge is 0.298 e. The Morgan fingerprint density at radius 3 is 2.37 bits per heavy atom. The number of carbonyl (C=O) groups excluding carboxylic acids is 1. The van der Waals surface area contributed by atoms with Crippen molar-refractivity contribution >= 4 is 16.3 Å². The number of hydrogen-bond donors (Lipinski definition) is 0. The summed E-state index contributed by atoms with van der Waals surface area (Å²) in [5, 5.41) is 0. The van der Waals surface area contributed by atoms with E-state index in [1.165, 1.54) is 10.2 Å². The summed E-state index contributed by atoms with van der Waals surface area (Å²) in [6.45, 7) is 3.75. The fourth-order valence-corrected chi connectivity index (χ4v) is 3.34. The molecule has 0 aliphatic heterocycles. The van der Waals surface area contributed by atoms with Crippen molar-refractivity contribution < 1.29 is 13.2 Å². The van der Waals surface area contributed by atoms with Crippen LogP contribution >= 0.6 is 0 Å². The predicted molar refractivity (Wildman–Crippen MR) is 73.0 cm³/mol. The van der Waals surface area contributed by atoms with E-state index in [0.29, 0.717) is 24.0 Å². The van der Waals surface area contributed by atoms with Gasteiger partial charge >= 0.3 is 0 Å². The summed E-state index contributed by atoms with van der Waals surface area (Å²) in [5.74, 6) is 0. The number of nitrogens with zero attached hydrogens (tertiary/aromatic N) is 1. The lowest BCUT2D eigenvalue weighted by atomic mass is 10.2. The molecule has 0 unspecified atom stereocenters. The highest BCUT2D eigenvalue weighted by molar-refractivity contribution is 7.90. The van der Waals surface area contributed by atoms with Crippen molar-refractivity contribution in [3.8, 4) is 0 Å². The van der Waals surface area contributed by atoms with Gasteiger partial charge in [-0.1, -0.05) is 24.6 Å². The van der Waals surface area contributed by atoms with Crippen LogP contribution in [0.15, 0.2) is 41.4 Å². The zero-order chi connectivity index (χ0) is 14.0. The molecule has 2 rings (SSSR count). The zero-order valence-corrected chi connectivity index (χ0v) is 11.6. The van der Waals surface area contributed by atoms with Crippen LogP contribution in [-0.2, 0) is 16.4 Å². The number of aryl methyl sites for hydroxylation is 2. The van der Waals surface area contributed by atoms with Gasteiger partial charge in [0.1, 0.15) is 0 Å². The first-order chi connectivity index (χ1) is 8.98. The van der Waals surface area contributed by atoms with Crippen LogP contribution in [0.1, 0.15) is 28.5 Å². The number of aldehydes is 1. The second-order valence-electron chi connectivity index (χ2n) is 4.35. The molecule has 100 valence electrons. The normalized spacial score (nSPS) is 11.5. The van der Waals surface area contributed by atoms with E-state index in [4.69, 9.17) is 0 Å². The molecule has 0 radical (unpaired) electrons. The van der Waals surface area contributed by atoms with Crippen molar-refractivity contribution in [3.63, 3.8) is 0 Å². The Morgan fingerprint density at radius 2 is 1.84 bits per heavy atom. The fourth-order valence-electron chi connectivity index (χ4n) is 1.88. The Balaban J connectivity index is 2.58. The maximum Gasteiger partial charge on any atom is 0.267 e. The van der Waals surface area contributed by atoms with Crippen LogP contribution in [-0.4, -0.2) is 18.7 Å². The Bertz CT molecular complexity index is 697. The lowest BCUT2D eigenvalue weighted by Gasteiger charge is -2.09. The second-order valence-corrected chi connectivity index (χ2v) is 6.17. The van der Waals surface area contributed by atoms with Crippen LogP contribution in [0.4, 0.5) is 0 Å². The maximum absolute atomic E-state index is 12.5. The highest BCUT2D eigenvalue weighted by Gasteiger charge is 2.19. The van der Waals surface area contributed by atoms with Crippen molar-refractivity contribution in [1.82, 2.24) is 3.97 Å². The van der Waals surface area contributed by atoms with E-state index in [0.717, 1.165) is 5.56 Å². The molecule has 1 aromatic heterocycles. The monoisotopic (exact) mass is 277 g/mol. The SMILES string of the molecule is CCc1cc(C=O)cn1S(=O)(=O)c1ccc(C)cc1. The van der Waals surface area contributed by atoms with Gasteiger partial charge in [-0.25, -0.2) is 12.4 Å². The summed E-state index contributed by atoms with van der Waals surface area (Å²) in [6, 6.07) is 8.25. The first-order valence-corrected chi connectivity index (χ1v) is 7.41. The maximum atomic E-state index is 12.5. The fraction of sp³-hybridized carbons (Fsp3) is 0.214. The molecule has 19 heavy (non-hydrogen) atoms. The number of rotatable bonds is 4. The highest BCUT2D eigenvalue weighted by Crippen LogP contribution is 2.19. The predicted octanol–water partition coefficient (Wildman–Crippen LogP) is 2.41. The number of aromatic nitrogens is 1. The molecule has 0 aliphatic carbocycles. The summed E-state index contributed by atoms with van der Waals surface area (Å²) in [5.41, 5.74) is 1.96. The number of hydrogen-bond acceptors (Lipinski definition) is 3. The first kappa shape index (κ1) is 13.5. The summed E-state index contributed by atoms with van der Waals surface area (Å²) in [6.07, 6.45) is 2.56.